The van der Waals surface area contributed by atoms with Crippen molar-refractivity contribution in [3.8, 4) is 0 Å². The molecule has 3 aromatic rings. The maximum Gasteiger partial charge on any atom is 0.241 e. The van der Waals surface area contributed by atoms with Crippen LogP contribution in [0.2, 0.25) is 0 Å². The zero-order valence-electron chi connectivity index (χ0n) is 19.6. The van der Waals surface area contributed by atoms with Crippen LogP contribution in [0.1, 0.15) is 6.92 Å². The van der Waals surface area contributed by atoms with Crippen LogP contribution < -0.4 is 10.6 Å². The smallest absolute Gasteiger partial charge is 0.241 e. The van der Waals surface area contributed by atoms with Gasteiger partial charge in [-0.15, -0.1) is 0 Å². The number of carbonyl (C=O) groups excluding carboxylic acids is 2. The van der Waals surface area contributed by atoms with E-state index in [1.807, 2.05) is 66.4 Å². The number of amides is 2. The van der Waals surface area contributed by atoms with E-state index in [2.05, 4.69) is 15.5 Å². The summed E-state index contributed by atoms with van der Waals surface area (Å²) in [7, 11) is 0. The van der Waals surface area contributed by atoms with E-state index in [0.717, 1.165) is 15.5 Å². The van der Waals surface area contributed by atoms with Crippen molar-refractivity contribution in [1.29, 1.82) is 0 Å². The number of hydrogen-bond acceptors (Lipinski definition) is 5. The lowest BCUT2D eigenvalue weighted by atomic mass is 10.2. The summed E-state index contributed by atoms with van der Waals surface area (Å²) in [4.78, 5) is 31.6. The number of para-hydroxylation sites is 1. The first kappa shape index (κ1) is 24.9. The topological polar surface area (TPSA) is 64.7 Å². The predicted molar refractivity (Wildman–Crippen MR) is 138 cm³/mol. The van der Waals surface area contributed by atoms with Crippen LogP contribution in [0.5, 0.6) is 0 Å². The second-order valence-corrected chi connectivity index (χ2v) is 9.56. The predicted octanol–water partition coefficient (Wildman–Crippen LogP) is 4.56. The number of nitrogens with zero attached hydrogens (tertiary/aromatic N) is 2. The van der Waals surface area contributed by atoms with Gasteiger partial charge in [0.15, 0.2) is 0 Å². The van der Waals surface area contributed by atoms with E-state index in [-0.39, 0.29) is 30.2 Å². The fourth-order valence-electron chi connectivity index (χ4n) is 3.96. The highest BCUT2D eigenvalue weighted by molar-refractivity contribution is 7.99. The summed E-state index contributed by atoms with van der Waals surface area (Å²) in [5.74, 6) is -0.615. The molecule has 1 aliphatic heterocycles. The number of nitrogens with one attached hydrogen (secondary N) is 2. The van der Waals surface area contributed by atoms with Crippen LogP contribution in [-0.2, 0) is 9.59 Å². The van der Waals surface area contributed by atoms with E-state index in [4.69, 9.17) is 0 Å². The van der Waals surface area contributed by atoms with Crippen molar-refractivity contribution in [3.63, 3.8) is 0 Å². The summed E-state index contributed by atoms with van der Waals surface area (Å²) in [6, 6.07) is 23.4. The molecule has 182 valence electrons. The van der Waals surface area contributed by atoms with Gasteiger partial charge in [0, 0.05) is 41.7 Å². The highest BCUT2D eigenvalue weighted by Gasteiger charge is 2.26. The molecule has 3 aromatic carbocycles. The van der Waals surface area contributed by atoms with Crippen molar-refractivity contribution < 1.29 is 14.0 Å². The van der Waals surface area contributed by atoms with Crippen molar-refractivity contribution in [2.75, 3.05) is 43.4 Å². The van der Waals surface area contributed by atoms with Crippen LogP contribution in [0.25, 0.3) is 0 Å². The third kappa shape index (κ3) is 7.14. The Bertz CT molecular complexity index is 1150. The summed E-state index contributed by atoms with van der Waals surface area (Å²) in [5.41, 5.74) is 1.25. The Hall–Kier alpha value is -3.20. The molecule has 2 amide bonds. The van der Waals surface area contributed by atoms with Crippen LogP contribution >= 0.6 is 11.8 Å². The highest BCUT2D eigenvalue weighted by Crippen LogP contribution is 2.33. The Morgan fingerprint density at radius 2 is 1.63 bits per heavy atom. The number of benzene rings is 3. The lowest BCUT2D eigenvalue weighted by Gasteiger charge is -2.37. The number of hydrogen-bond donors (Lipinski definition) is 2. The number of anilines is 2. The average Bonchev–Trinajstić information content (AvgIpc) is 2.86. The fraction of sp³-hybridized carbons (Fsp3) is 0.259. The van der Waals surface area contributed by atoms with Gasteiger partial charge in [0.1, 0.15) is 5.82 Å². The molecule has 1 atom stereocenters. The van der Waals surface area contributed by atoms with E-state index < -0.39 is 0 Å². The van der Waals surface area contributed by atoms with Gasteiger partial charge in [-0.2, -0.15) is 0 Å². The Morgan fingerprint density at radius 3 is 2.37 bits per heavy atom. The zero-order valence-corrected chi connectivity index (χ0v) is 20.4. The van der Waals surface area contributed by atoms with E-state index in [1.165, 1.54) is 12.1 Å². The van der Waals surface area contributed by atoms with Crippen molar-refractivity contribution in [2.45, 2.75) is 22.8 Å². The van der Waals surface area contributed by atoms with E-state index in [1.54, 1.807) is 23.9 Å². The molecule has 0 aliphatic carbocycles. The standard InChI is InChI=1S/C27H29FN4O2S/c1-20(27(34)30-24-12-5-6-13-25(24)35-23-10-3-2-4-11-23)32-16-14-31(15-17-32)19-26(33)29-22-9-7-8-21(28)18-22/h2-13,18,20H,14-17,19H2,1H3,(H,29,33)(H,30,34)/t20-/m0/s1. The summed E-state index contributed by atoms with van der Waals surface area (Å²) in [6.07, 6.45) is 0. The molecule has 4 rings (SSSR count). The molecule has 2 N–H and O–H groups in total. The molecule has 0 radical (unpaired) electrons. The quantitative estimate of drug-likeness (QED) is 0.483. The minimum Gasteiger partial charge on any atom is -0.325 e. The molecule has 1 fully saturated rings. The third-order valence-corrected chi connectivity index (χ3v) is 7.01. The first-order chi connectivity index (χ1) is 17.0. The molecule has 0 bridgehead atoms. The van der Waals surface area contributed by atoms with Crippen molar-refractivity contribution >= 4 is 35.0 Å². The molecule has 1 heterocycles. The molecule has 35 heavy (non-hydrogen) atoms. The lowest BCUT2D eigenvalue weighted by Crippen LogP contribution is -2.53. The summed E-state index contributed by atoms with van der Waals surface area (Å²) >= 11 is 1.62. The van der Waals surface area contributed by atoms with Gasteiger partial charge in [-0.1, -0.05) is 48.2 Å². The maximum atomic E-state index is 13.3. The normalized spacial score (nSPS) is 15.4. The van der Waals surface area contributed by atoms with Crippen LogP contribution in [-0.4, -0.2) is 60.4 Å². The van der Waals surface area contributed by atoms with Gasteiger partial charge in [0.2, 0.25) is 11.8 Å². The fourth-order valence-corrected chi connectivity index (χ4v) is 4.88. The van der Waals surface area contributed by atoms with Gasteiger partial charge in [-0.3, -0.25) is 19.4 Å². The number of carbonyl (C=O) groups is 2. The van der Waals surface area contributed by atoms with Crippen LogP contribution in [0.4, 0.5) is 15.8 Å². The Morgan fingerprint density at radius 1 is 0.914 bits per heavy atom. The Kier molecular flexibility index (Phi) is 8.52. The number of piperazine rings is 1. The van der Waals surface area contributed by atoms with Crippen molar-refractivity contribution in [1.82, 2.24) is 9.80 Å². The molecular weight excluding hydrogens is 463 g/mol. The summed E-state index contributed by atoms with van der Waals surface area (Å²) in [6.45, 7) is 4.86. The molecule has 0 unspecified atom stereocenters. The maximum absolute atomic E-state index is 13.3. The molecule has 0 spiro atoms. The van der Waals surface area contributed by atoms with Crippen LogP contribution in [0, 0.1) is 5.82 Å². The number of rotatable bonds is 8. The average molecular weight is 493 g/mol. The third-order valence-electron chi connectivity index (χ3n) is 5.93. The first-order valence-electron chi connectivity index (χ1n) is 11.6. The van der Waals surface area contributed by atoms with Crippen LogP contribution in [0.15, 0.2) is 88.7 Å². The van der Waals surface area contributed by atoms with Gasteiger partial charge in [-0.05, 0) is 49.4 Å². The second-order valence-electron chi connectivity index (χ2n) is 8.45. The van der Waals surface area contributed by atoms with Gasteiger partial charge in [0.05, 0.1) is 18.3 Å². The van der Waals surface area contributed by atoms with Crippen molar-refractivity contribution in [3.05, 3.63) is 84.7 Å². The Balaban J connectivity index is 1.27. The van der Waals surface area contributed by atoms with E-state index >= 15 is 0 Å². The van der Waals surface area contributed by atoms with Crippen molar-refractivity contribution in [2.24, 2.45) is 0 Å². The molecule has 1 aliphatic rings. The van der Waals surface area contributed by atoms with E-state index in [9.17, 15) is 14.0 Å². The minimum absolute atomic E-state index is 0.0524. The molecule has 6 nitrogen and oxygen atoms in total. The zero-order chi connectivity index (χ0) is 24.6. The monoisotopic (exact) mass is 492 g/mol. The molecule has 1 saturated heterocycles. The van der Waals surface area contributed by atoms with Crippen LogP contribution in [0.3, 0.4) is 0 Å². The molecular formula is C27H29FN4O2S. The largest absolute Gasteiger partial charge is 0.325 e. The van der Waals surface area contributed by atoms with Gasteiger partial charge in [0.25, 0.3) is 0 Å². The molecule has 0 saturated carbocycles. The first-order valence-corrected chi connectivity index (χ1v) is 12.4. The summed E-state index contributed by atoms with van der Waals surface area (Å²) in [5, 5.41) is 5.83. The SMILES string of the molecule is C[C@@H](C(=O)Nc1ccccc1Sc1ccccc1)N1CCN(CC(=O)Nc2cccc(F)c2)CC1. The van der Waals surface area contributed by atoms with Gasteiger partial charge in [-0.25, -0.2) is 4.39 Å². The molecule has 8 heteroatoms. The van der Waals surface area contributed by atoms with E-state index in [0.29, 0.717) is 31.9 Å². The highest BCUT2D eigenvalue weighted by atomic mass is 32.2. The minimum atomic E-state index is -0.384. The number of halogens is 1. The Labute approximate surface area is 209 Å². The van der Waals surface area contributed by atoms with Gasteiger partial charge < -0.3 is 10.6 Å². The summed E-state index contributed by atoms with van der Waals surface area (Å²) < 4.78 is 13.3. The second kappa shape index (κ2) is 12.0. The lowest BCUT2D eigenvalue weighted by molar-refractivity contribution is -0.122. The molecule has 0 aromatic heterocycles. The van der Waals surface area contributed by atoms with Gasteiger partial charge >= 0.3 is 0 Å².